The van der Waals surface area contributed by atoms with Crippen molar-refractivity contribution in [1.29, 1.82) is 0 Å². The molecule has 0 spiro atoms. The third-order valence-corrected chi connectivity index (χ3v) is 16.2. The monoisotopic (exact) mass is 1030 g/mol. The number of hydrogen-bond donors (Lipinski definition) is 0. The summed E-state index contributed by atoms with van der Waals surface area (Å²) >= 11 is 7.43. The Morgan fingerprint density at radius 1 is 0.364 bits per heavy atom. The molecule has 0 aromatic heterocycles. The Bertz CT molecular complexity index is 1520. The van der Waals surface area contributed by atoms with Crippen molar-refractivity contribution in [2.75, 3.05) is 26.4 Å². The number of unbranched alkanes of at least 4 members (excludes halogenated alkanes) is 18. The van der Waals surface area contributed by atoms with Crippen LogP contribution in [0.5, 0.6) is 23.0 Å². The highest BCUT2D eigenvalue weighted by Gasteiger charge is 2.23. The van der Waals surface area contributed by atoms with E-state index in [1.807, 2.05) is 12.1 Å². The largest absolute Gasteiger partial charge is 0.494 e. The van der Waals surface area contributed by atoms with Crippen molar-refractivity contribution < 1.29 is 18.9 Å². The molecule has 5 rings (SSSR count). The number of rotatable bonds is 36. The van der Waals surface area contributed by atoms with Crippen molar-refractivity contribution in [3.8, 4) is 23.0 Å². The molecule has 0 atom stereocenters. The summed E-state index contributed by atoms with van der Waals surface area (Å²) in [5, 5.41) is 0. The second-order valence-corrected chi connectivity index (χ2v) is 22.0. The van der Waals surface area contributed by atoms with Crippen molar-refractivity contribution in [3.63, 3.8) is 0 Å². The molecule has 3 aromatic rings. The fourth-order valence-corrected chi connectivity index (χ4v) is 11.5. The first-order chi connectivity index (χ1) is 32.5. The Balaban J connectivity index is 0.776. The van der Waals surface area contributed by atoms with E-state index in [1.54, 1.807) is 0 Å². The summed E-state index contributed by atoms with van der Waals surface area (Å²) in [6.45, 7) is 7.75. The number of halogens is 2. The van der Waals surface area contributed by atoms with Gasteiger partial charge in [-0.2, -0.15) is 0 Å². The molecule has 2 saturated carbocycles. The van der Waals surface area contributed by atoms with Gasteiger partial charge in [0, 0.05) is 0 Å². The lowest BCUT2D eigenvalue weighted by Crippen LogP contribution is -2.13. The van der Waals surface area contributed by atoms with Crippen LogP contribution in [-0.2, 0) is 0 Å². The predicted octanol–water partition coefficient (Wildman–Crippen LogP) is 20.1. The first kappa shape index (κ1) is 54.8. The van der Waals surface area contributed by atoms with Gasteiger partial charge in [-0.05, 0) is 180 Å². The molecule has 0 aliphatic heterocycles. The zero-order chi connectivity index (χ0) is 46.3. The lowest BCUT2D eigenvalue weighted by molar-refractivity contribution is 0.292. The van der Waals surface area contributed by atoms with E-state index in [4.69, 9.17) is 18.9 Å². The Morgan fingerprint density at radius 3 is 0.985 bits per heavy atom. The van der Waals surface area contributed by atoms with Crippen LogP contribution >= 0.6 is 31.9 Å². The highest BCUT2D eigenvalue weighted by molar-refractivity contribution is 9.11. The van der Waals surface area contributed by atoms with Gasteiger partial charge in [0.05, 0.1) is 35.4 Å². The van der Waals surface area contributed by atoms with E-state index in [0.29, 0.717) is 0 Å². The van der Waals surface area contributed by atoms with Gasteiger partial charge in [-0.3, -0.25) is 0 Å². The summed E-state index contributed by atoms with van der Waals surface area (Å²) < 4.78 is 26.4. The van der Waals surface area contributed by atoms with Crippen molar-refractivity contribution in [1.82, 2.24) is 0 Å². The molecule has 0 amide bonds. The number of hydrogen-bond acceptors (Lipinski definition) is 4. The molecule has 0 N–H and O–H groups in total. The minimum atomic E-state index is 0.742. The Hall–Kier alpha value is -2.18. The number of ether oxygens (including phenoxy) is 4. The quantitative estimate of drug-likeness (QED) is 0.0544. The molecule has 6 heteroatoms. The van der Waals surface area contributed by atoms with Crippen molar-refractivity contribution >= 4 is 31.9 Å². The summed E-state index contributed by atoms with van der Waals surface area (Å²) in [5.74, 6) is 7.27. The minimum Gasteiger partial charge on any atom is -0.494 e. The maximum Gasteiger partial charge on any atom is 0.134 e. The molecular formula is C60H92Br2O4. The zero-order valence-electron chi connectivity index (χ0n) is 41.9. The summed E-state index contributed by atoms with van der Waals surface area (Å²) in [6, 6.07) is 22.2. The lowest BCUT2D eigenvalue weighted by atomic mass is 9.77. The highest BCUT2D eigenvalue weighted by Crippen LogP contribution is 2.40. The highest BCUT2D eigenvalue weighted by atomic mass is 79.9. The summed E-state index contributed by atoms with van der Waals surface area (Å²) in [4.78, 5) is 0. The van der Waals surface area contributed by atoms with Gasteiger partial charge in [-0.25, -0.2) is 0 Å². The molecule has 0 saturated heterocycles. The topological polar surface area (TPSA) is 36.9 Å². The van der Waals surface area contributed by atoms with Crippen LogP contribution in [-0.4, -0.2) is 26.4 Å². The van der Waals surface area contributed by atoms with Gasteiger partial charge >= 0.3 is 0 Å². The molecule has 3 aromatic carbocycles. The van der Waals surface area contributed by atoms with E-state index in [2.05, 4.69) is 94.2 Å². The first-order valence-electron chi connectivity index (χ1n) is 27.7. The SMILES string of the molecule is CCCCCC1CCC(c2ccc(OCCCCCCCCCCOc3cc(Br)c(OCCCCCCCCCCOc4ccc(C5CCC(CCCCC)CC5)cc4)cc3Br)cc2)CC1. The van der Waals surface area contributed by atoms with Crippen LogP contribution in [0.15, 0.2) is 69.6 Å². The van der Waals surface area contributed by atoms with E-state index in [1.165, 1.54) is 191 Å². The van der Waals surface area contributed by atoms with Gasteiger partial charge in [-0.1, -0.05) is 167 Å². The van der Waals surface area contributed by atoms with Crippen LogP contribution in [0.4, 0.5) is 0 Å². The van der Waals surface area contributed by atoms with Crippen LogP contribution in [0, 0.1) is 11.8 Å². The molecule has 2 aliphatic carbocycles. The van der Waals surface area contributed by atoms with E-state index < -0.39 is 0 Å². The molecular weight excluding hydrogens is 944 g/mol. The maximum atomic E-state index is 6.15. The summed E-state index contributed by atoms with van der Waals surface area (Å²) in [5.41, 5.74) is 3.04. The van der Waals surface area contributed by atoms with Crippen molar-refractivity contribution in [3.05, 3.63) is 80.7 Å². The fraction of sp³-hybridized carbons (Fsp3) is 0.700. The molecule has 370 valence electrons. The Kier molecular flexibility index (Phi) is 28.4. The molecule has 0 radical (unpaired) electrons. The van der Waals surface area contributed by atoms with Crippen molar-refractivity contribution in [2.45, 2.75) is 231 Å². The summed E-state index contributed by atoms with van der Waals surface area (Å²) in [7, 11) is 0. The van der Waals surface area contributed by atoms with Gasteiger partial charge in [0.25, 0.3) is 0 Å². The molecule has 2 aliphatic rings. The first-order valence-corrected chi connectivity index (χ1v) is 29.3. The lowest BCUT2D eigenvalue weighted by Gasteiger charge is -2.29. The molecule has 0 unspecified atom stereocenters. The molecule has 66 heavy (non-hydrogen) atoms. The zero-order valence-corrected chi connectivity index (χ0v) is 45.1. The second kappa shape index (κ2) is 34.2. The van der Waals surface area contributed by atoms with E-state index in [9.17, 15) is 0 Å². The summed E-state index contributed by atoms with van der Waals surface area (Å²) in [6.07, 6.45) is 42.1. The van der Waals surface area contributed by atoms with Gasteiger partial charge in [0.15, 0.2) is 0 Å². The van der Waals surface area contributed by atoms with Gasteiger partial charge in [0.1, 0.15) is 23.0 Å². The molecule has 4 nitrogen and oxygen atoms in total. The standard InChI is InChI=1S/C60H92Br2O4/c1-3-5-19-25-49-27-31-51(32-28-49)53-35-39-55(40-36-53)63-43-21-15-11-7-9-13-17-23-45-65-59-47-58(62)60(48-57(59)61)66-46-24-18-14-10-8-12-16-22-44-64-56-41-37-54(38-42-56)52-33-29-50(30-34-52)26-20-6-4-2/h35-42,47-52H,3-34,43-46H2,1-2H3. The third kappa shape index (κ3) is 22.1. The maximum absolute atomic E-state index is 6.15. The Labute approximate surface area is 421 Å². The van der Waals surface area contributed by atoms with Crippen molar-refractivity contribution in [2.24, 2.45) is 11.8 Å². The second-order valence-electron chi connectivity index (χ2n) is 20.3. The number of benzene rings is 3. The van der Waals surface area contributed by atoms with Crippen LogP contribution in [0.3, 0.4) is 0 Å². The average molecular weight is 1040 g/mol. The minimum absolute atomic E-state index is 0.742. The molecule has 0 heterocycles. The van der Waals surface area contributed by atoms with Gasteiger partial charge < -0.3 is 18.9 Å². The van der Waals surface area contributed by atoms with Crippen LogP contribution in [0.2, 0.25) is 0 Å². The normalized spacial score (nSPS) is 18.6. The third-order valence-electron chi connectivity index (χ3n) is 14.9. The van der Waals surface area contributed by atoms with E-state index >= 15 is 0 Å². The Morgan fingerprint density at radius 2 is 0.667 bits per heavy atom. The van der Waals surface area contributed by atoms with Gasteiger partial charge in [-0.15, -0.1) is 0 Å². The van der Waals surface area contributed by atoms with Crippen LogP contribution in [0.25, 0.3) is 0 Å². The molecule has 2 fully saturated rings. The average Bonchev–Trinajstić information content (AvgIpc) is 3.34. The van der Waals surface area contributed by atoms with Crippen LogP contribution in [0.1, 0.15) is 242 Å². The molecule has 0 bridgehead atoms. The predicted molar refractivity (Wildman–Crippen MR) is 288 cm³/mol. The smallest absolute Gasteiger partial charge is 0.134 e. The fourth-order valence-electron chi connectivity index (χ4n) is 10.6. The van der Waals surface area contributed by atoms with E-state index in [0.717, 1.165) is 108 Å². The van der Waals surface area contributed by atoms with Gasteiger partial charge in [0.2, 0.25) is 0 Å². The van der Waals surface area contributed by atoms with Crippen LogP contribution < -0.4 is 18.9 Å². The van der Waals surface area contributed by atoms with E-state index in [-0.39, 0.29) is 0 Å².